The Morgan fingerprint density at radius 2 is 2.10 bits per heavy atom. The third-order valence-electron chi connectivity index (χ3n) is 5.90. The van der Waals surface area contributed by atoms with Gasteiger partial charge >= 0.3 is 0 Å². The summed E-state index contributed by atoms with van der Waals surface area (Å²) in [6.45, 7) is 1.89. The molecule has 2 aliphatic heterocycles. The van der Waals surface area contributed by atoms with E-state index in [0.717, 1.165) is 0 Å². The first-order valence-electron chi connectivity index (χ1n) is 9.61. The molecular formula is C22H20BrN3O5. The molecule has 9 heteroatoms. The lowest BCUT2D eigenvalue weighted by atomic mass is 9.78. The number of para-hydroxylation sites is 1. The first-order chi connectivity index (χ1) is 14.8. The highest BCUT2D eigenvalue weighted by Gasteiger charge is 2.67. The van der Waals surface area contributed by atoms with Crippen LogP contribution in [-0.2, 0) is 10.3 Å². The molecule has 1 amide bonds. The van der Waals surface area contributed by atoms with Gasteiger partial charge in [0.1, 0.15) is 6.61 Å². The predicted molar refractivity (Wildman–Crippen MR) is 118 cm³/mol. The van der Waals surface area contributed by atoms with Crippen LogP contribution >= 0.6 is 15.9 Å². The van der Waals surface area contributed by atoms with Crippen LogP contribution in [0.1, 0.15) is 24.0 Å². The standard InChI is InChI=1S/C22H20BrN3O5/c1-4-9-31-19-15(23)10-13(11-17(19)30-3)18-12(2)25-22(20(18)26(28)29)14-7-5-6-8-16(14)24-21(22)27/h1,5-8,10-12,18,20,25H,9H2,2-3H3,(H,24,27)/t12-,18-,20+,22+/m0/s1. The maximum atomic E-state index is 13.1. The molecule has 1 saturated heterocycles. The van der Waals surface area contributed by atoms with Gasteiger partial charge in [-0.2, -0.15) is 0 Å². The van der Waals surface area contributed by atoms with E-state index in [9.17, 15) is 14.9 Å². The first-order valence-corrected chi connectivity index (χ1v) is 10.4. The lowest BCUT2D eigenvalue weighted by Gasteiger charge is -2.25. The second-order valence-electron chi connectivity index (χ2n) is 7.52. The van der Waals surface area contributed by atoms with Gasteiger partial charge in [0.2, 0.25) is 0 Å². The monoisotopic (exact) mass is 485 g/mol. The molecule has 1 spiro atoms. The number of carbonyl (C=O) groups is 1. The summed E-state index contributed by atoms with van der Waals surface area (Å²) in [6.07, 6.45) is 5.28. The maximum Gasteiger partial charge on any atom is 0.256 e. The molecule has 0 saturated carbocycles. The number of rotatable bonds is 5. The molecule has 2 N–H and O–H groups in total. The number of hydrogen-bond donors (Lipinski definition) is 2. The van der Waals surface area contributed by atoms with Gasteiger partial charge in [-0.25, -0.2) is 0 Å². The van der Waals surface area contributed by atoms with Crippen LogP contribution in [0.15, 0.2) is 40.9 Å². The molecule has 31 heavy (non-hydrogen) atoms. The highest BCUT2D eigenvalue weighted by Crippen LogP contribution is 2.51. The molecule has 2 aromatic rings. The summed E-state index contributed by atoms with van der Waals surface area (Å²) in [5, 5.41) is 18.4. The summed E-state index contributed by atoms with van der Waals surface area (Å²) < 4.78 is 11.6. The van der Waals surface area contributed by atoms with E-state index in [1.807, 2.05) is 6.92 Å². The Morgan fingerprint density at radius 1 is 1.35 bits per heavy atom. The second kappa shape index (κ2) is 7.87. The minimum Gasteiger partial charge on any atom is -0.493 e. The molecule has 2 heterocycles. The molecule has 2 aromatic carbocycles. The second-order valence-corrected chi connectivity index (χ2v) is 8.38. The Labute approximate surface area is 187 Å². The normalized spacial score (nSPS) is 26.3. The number of halogens is 1. The Bertz CT molecular complexity index is 1110. The highest BCUT2D eigenvalue weighted by atomic mass is 79.9. The average molecular weight is 486 g/mol. The van der Waals surface area contributed by atoms with Gasteiger partial charge in [0.05, 0.1) is 17.5 Å². The van der Waals surface area contributed by atoms with Crippen molar-refractivity contribution in [2.75, 3.05) is 19.0 Å². The van der Waals surface area contributed by atoms with Gasteiger partial charge in [0, 0.05) is 22.2 Å². The van der Waals surface area contributed by atoms with Crippen LogP contribution in [-0.4, -0.2) is 36.6 Å². The molecular weight excluding hydrogens is 466 g/mol. The number of carbonyl (C=O) groups excluding carboxylic acids is 1. The number of fused-ring (bicyclic) bond motifs is 2. The predicted octanol–water partition coefficient (Wildman–Crippen LogP) is 3.04. The third-order valence-corrected chi connectivity index (χ3v) is 6.49. The lowest BCUT2D eigenvalue weighted by molar-refractivity contribution is -0.532. The number of benzene rings is 2. The van der Waals surface area contributed by atoms with E-state index < -0.39 is 23.4 Å². The summed E-state index contributed by atoms with van der Waals surface area (Å²) in [7, 11) is 1.48. The fraction of sp³-hybridized carbons (Fsp3) is 0.318. The molecule has 0 bridgehead atoms. The van der Waals surface area contributed by atoms with Crippen molar-refractivity contribution in [3.63, 3.8) is 0 Å². The van der Waals surface area contributed by atoms with Gasteiger partial charge in [0.25, 0.3) is 11.9 Å². The number of amides is 1. The van der Waals surface area contributed by atoms with Crippen LogP contribution < -0.4 is 20.1 Å². The van der Waals surface area contributed by atoms with Crippen LogP contribution in [0.4, 0.5) is 5.69 Å². The average Bonchev–Trinajstić information content (AvgIpc) is 3.21. The molecule has 8 nitrogen and oxygen atoms in total. The number of nitrogens with zero attached hydrogens (tertiary/aromatic N) is 1. The quantitative estimate of drug-likeness (QED) is 0.383. The van der Waals surface area contributed by atoms with Crippen molar-refractivity contribution in [3.05, 3.63) is 62.1 Å². The summed E-state index contributed by atoms with van der Waals surface area (Å²) in [5.41, 5.74) is 0.336. The number of anilines is 1. The number of nitro groups is 1. The number of ether oxygens (including phenoxy) is 2. The highest BCUT2D eigenvalue weighted by molar-refractivity contribution is 9.10. The van der Waals surface area contributed by atoms with E-state index in [-0.39, 0.29) is 17.6 Å². The molecule has 160 valence electrons. The van der Waals surface area contributed by atoms with Crippen LogP contribution in [0.2, 0.25) is 0 Å². The van der Waals surface area contributed by atoms with E-state index in [1.54, 1.807) is 36.4 Å². The number of methoxy groups -OCH3 is 1. The SMILES string of the molecule is C#CCOc1c(Br)cc([C@@H]2[C@H](C)N[C@@]3(C(=O)Nc4ccccc43)[C@@H]2[N+](=O)[O-])cc1OC. The molecule has 0 aromatic heterocycles. The van der Waals surface area contributed by atoms with Crippen molar-refractivity contribution < 1.29 is 19.2 Å². The minimum atomic E-state index is -1.47. The Morgan fingerprint density at radius 3 is 2.77 bits per heavy atom. The van der Waals surface area contributed by atoms with Crippen LogP contribution in [0.3, 0.4) is 0 Å². The van der Waals surface area contributed by atoms with E-state index in [2.05, 4.69) is 32.5 Å². The Balaban J connectivity index is 1.85. The Kier molecular flexibility index (Phi) is 5.37. The summed E-state index contributed by atoms with van der Waals surface area (Å²) >= 11 is 3.46. The van der Waals surface area contributed by atoms with Crippen molar-refractivity contribution in [3.8, 4) is 23.8 Å². The van der Waals surface area contributed by atoms with Crippen molar-refractivity contribution in [1.29, 1.82) is 0 Å². The third kappa shape index (κ3) is 3.14. The summed E-state index contributed by atoms with van der Waals surface area (Å²) in [5.74, 6) is 2.17. The molecule has 0 aliphatic carbocycles. The minimum absolute atomic E-state index is 0.0489. The van der Waals surface area contributed by atoms with Gasteiger partial charge in [-0.1, -0.05) is 24.1 Å². The molecule has 1 fully saturated rings. The van der Waals surface area contributed by atoms with Gasteiger partial charge in [0.15, 0.2) is 17.0 Å². The topological polar surface area (TPSA) is 103 Å². The Hall–Kier alpha value is -3.09. The molecule has 4 rings (SSSR count). The van der Waals surface area contributed by atoms with Gasteiger partial charge in [-0.15, -0.1) is 6.42 Å². The van der Waals surface area contributed by atoms with Crippen LogP contribution in [0.5, 0.6) is 11.5 Å². The summed E-state index contributed by atoms with van der Waals surface area (Å²) in [4.78, 5) is 25.1. The van der Waals surface area contributed by atoms with E-state index >= 15 is 0 Å². The first kappa shape index (κ1) is 21.2. The fourth-order valence-electron chi connectivity index (χ4n) is 4.74. The zero-order valence-corrected chi connectivity index (χ0v) is 18.4. The fourth-order valence-corrected chi connectivity index (χ4v) is 5.31. The molecule has 2 aliphatic rings. The summed E-state index contributed by atoms with van der Waals surface area (Å²) in [6, 6.07) is 8.90. The van der Waals surface area contributed by atoms with E-state index in [4.69, 9.17) is 15.9 Å². The number of terminal acetylenes is 1. The molecule has 0 radical (unpaired) electrons. The zero-order valence-electron chi connectivity index (χ0n) is 16.8. The number of hydrogen-bond acceptors (Lipinski definition) is 6. The van der Waals surface area contributed by atoms with Crippen molar-refractivity contribution in [2.45, 2.75) is 30.5 Å². The van der Waals surface area contributed by atoms with Gasteiger partial charge in [-0.05, 0) is 46.6 Å². The maximum absolute atomic E-state index is 13.1. The van der Waals surface area contributed by atoms with Crippen molar-refractivity contribution >= 4 is 27.5 Å². The number of nitrogens with one attached hydrogen (secondary N) is 2. The van der Waals surface area contributed by atoms with Crippen LogP contribution in [0.25, 0.3) is 0 Å². The molecule has 0 unspecified atom stereocenters. The molecule has 4 atom stereocenters. The van der Waals surface area contributed by atoms with Crippen LogP contribution in [0, 0.1) is 22.5 Å². The largest absolute Gasteiger partial charge is 0.493 e. The lowest BCUT2D eigenvalue weighted by Crippen LogP contribution is -2.54. The zero-order chi connectivity index (χ0) is 22.3. The van der Waals surface area contributed by atoms with Crippen molar-refractivity contribution in [2.24, 2.45) is 0 Å². The van der Waals surface area contributed by atoms with Gasteiger partial charge in [-0.3, -0.25) is 20.2 Å². The smallest absolute Gasteiger partial charge is 0.256 e. The van der Waals surface area contributed by atoms with Gasteiger partial charge < -0.3 is 14.8 Å². The van der Waals surface area contributed by atoms with Crippen molar-refractivity contribution in [1.82, 2.24) is 5.32 Å². The van der Waals surface area contributed by atoms with E-state index in [0.29, 0.717) is 32.8 Å². The van der Waals surface area contributed by atoms with E-state index in [1.165, 1.54) is 7.11 Å².